The summed E-state index contributed by atoms with van der Waals surface area (Å²) in [6.45, 7) is 3.85. The lowest BCUT2D eigenvalue weighted by molar-refractivity contribution is 0.460. The number of allylic oxidation sites excluding steroid dienone is 2. The number of benzene rings is 3. The molecule has 0 N–H and O–H groups in total. The second-order valence-electron chi connectivity index (χ2n) is 9.81. The van der Waals surface area contributed by atoms with Crippen molar-refractivity contribution >= 4 is 0 Å². The van der Waals surface area contributed by atoms with Crippen molar-refractivity contribution in [3.05, 3.63) is 107 Å². The molecule has 34 heavy (non-hydrogen) atoms. The van der Waals surface area contributed by atoms with Crippen molar-refractivity contribution in [1.82, 2.24) is 0 Å². The molecule has 0 bridgehead atoms. The van der Waals surface area contributed by atoms with Crippen molar-refractivity contribution < 1.29 is 8.78 Å². The molecule has 2 unspecified atom stereocenters. The molecule has 3 aromatic rings. The first-order chi connectivity index (χ1) is 16.5. The van der Waals surface area contributed by atoms with E-state index in [1.165, 1.54) is 55.2 Å². The van der Waals surface area contributed by atoms with Gasteiger partial charge in [-0.15, -0.1) is 0 Å². The lowest BCUT2D eigenvalue weighted by atomic mass is 9.82. The molecule has 0 aromatic heterocycles. The number of aryl methyl sites for hydroxylation is 3. The van der Waals surface area contributed by atoms with Crippen molar-refractivity contribution in [1.29, 1.82) is 0 Å². The van der Waals surface area contributed by atoms with E-state index in [1.54, 1.807) is 19.1 Å². The quantitative estimate of drug-likeness (QED) is 0.221. The van der Waals surface area contributed by atoms with Crippen LogP contribution in [0, 0.1) is 24.5 Å². The summed E-state index contributed by atoms with van der Waals surface area (Å²) in [5, 5.41) is 0. The predicted molar refractivity (Wildman–Crippen MR) is 139 cm³/mol. The average Bonchev–Trinajstić information content (AvgIpc) is 2.88. The van der Waals surface area contributed by atoms with Gasteiger partial charge in [-0.3, -0.25) is 0 Å². The predicted octanol–water partition coefficient (Wildman–Crippen LogP) is 9.36. The van der Waals surface area contributed by atoms with Crippen LogP contribution in [-0.2, 0) is 12.8 Å². The Morgan fingerprint density at radius 1 is 0.735 bits per heavy atom. The number of halogens is 2. The number of hydrogen-bond acceptors (Lipinski definition) is 0. The largest absolute Gasteiger partial charge is 0.203 e. The molecule has 0 aliphatic heterocycles. The zero-order chi connectivity index (χ0) is 23.9. The molecule has 1 aliphatic rings. The van der Waals surface area contributed by atoms with E-state index in [2.05, 4.69) is 67.6 Å². The van der Waals surface area contributed by atoms with Gasteiger partial charge >= 0.3 is 0 Å². The second kappa shape index (κ2) is 11.6. The highest BCUT2D eigenvalue weighted by molar-refractivity contribution is 5.64. The van der Waals surface area contributed by atoms with Crippen LogP contribution < -0.4 is 0 Å². The molecule has 0 heterocycles. The first kappa shape index (κ1) is 24.4. The molecule has 2 heteroatoms. The van der Waals surface area contributed by atoms with Crippen LogP contribution in [0.2, 0.25) is 0 Å². The van der Waals surface area contributed by atoms with E-state index in [4.69, 9.17) is 0 Å². The SMILES string of the molecule is CCCCCC1C=CC(c2ccc(-c3ccc(CCc4ccc(C)c(F)c4F)cc3)cc2)CC1. The van der Waals surface area contributed by atoms with Gasteiger partial charge in [0.15, 0.2) is 11.6 Å². The van der Waals surface area contributed by atoms with Crippen molar-refractivity contribution in [2.24, 2.45) is 5.92 Å². The van der Waals surface area contributed by atoms with E-state index < -0.39 is 11.6 Å². The van der Waals surface area contributed by atoms with Gasteiger partial charge < -0.3 is 0 Å². The van der Waals surface area contributed by atoms with Crippen molar-refractivity contribution in [2.45, 2.75) is 71.1 Å². The smallest absolute Gasteiger partial charge is 0.162 e. The van der Waals surface area contributed by atoms with E-state index in [-0.39, 0.29) is 0 Å². The monoisotopic (exact) mass is 458 g/mol. The fraction of sp³-hybridized carbons (Fsp3) is 0.375. The van der Waals surface area contributed by atoms with Gasteiger partial charge in [0, 0.05) is 5.92 Å². The maximum Gasteiger partial charge on any atom is 0.162 e. The third-order valence-electron chi connectivity index (χ3n) is 7.31. The Bertz CT molecular complexity index is 1090. The summed E-state index contributed by atoms with van der Waals surface area (Å²) >= 11 is 0. The lowest BCUT2D eigenvalue weighted by Gasteiger charge is -2.23. The molecule has 0 saturated heterocycles. The van der Waals surface area contributed by atoms with Crippen LogP contribution in [0.1, 0.15) is 73.6 Å². The van der Waals surface area contributed by atoms with Crippen molar-refractivity contribution in [3.8, 4) is 11.1 Å². The summed E-state index contributed by atoms with van der Waals surface area (Å²) < 4.78 is 27.9. The van der Waals surface area contributed by atoms with Crippen LogP contribution >= 0.6 is 0 Å². The topological polar surface area (TPSA) is 0 Å². The van der Waals surface area contributed by atoms with Gasteiger partial charge in [-0.2, -0.15) is 0 Å². The minimum absolute atomic E-state index is 0.350. The molecule has 178 valence electrons. The molecular weight excluding hydrogens is 422 g/mol. The molecule has 0 amide bonds. The van der Waals surface area contributed by atoms with Gasteiger partial charge in [-0.1, -0.05) is 99.0 Å². The highest BCUT2D eigenvalue weighted by Crippen LogP contribution is 2.33. The first-order valence-electron chi connectivity index (χ1n) is 12.9. The summed E-state index contributed by atoms with van der Waals surface area (Å²) in [5.74, 6) is -0.142. The Labute approximate surface area is 203 Å². The molecule has 0 fully saturated rings. The highest BCUT2D eigenvalue weighted by Gasteiger charge is 2.17. The summed E-state index contributed by atoms with van der Waals surface area (Å²) in [6, 6.07) is 20.7. The standard InChI is InChI=1S/C32H36F2/c1-3-4-5-6-24-8-14-26(15-9-24)28-19-21-29(22-20-28)27-16-10-25(11-17-27)12-18-30-13-7-23(2)31(33)32(30)34/h7-8,10-11,13-14,16-17,19-22,24,26H,3-6,9,12,15,18H2,1-2H3. The van der Waals surface area contributed by atoms with Crippen LogP contribution in [0.3, 0.4) is 0 Å². The molecule has 0 radical (unpaired) electrons. The van der Waals surface area contributed by atoms with Gasteiger partial charge in [0.25, 0.3) is 0 Å². The Morgan fingerprint density at radius 2 is 1.44 bits per heavy atom. The van der Waals surface area contributed by atoms with E-state index in [1.807, 2.05) is 0 Å². The molecule has 1 aliphatic carbocycles. The maximum absolute atomic E-state index is 14.1. The Hall–Kier alpha value is -2.74. The zero-order valence-electron chi connectivity index (χ0n) is 20.5. The van der Waals surface area contributed by atoms with Crippen LogP contribution in [0.4, 0.5) is 8.78 Å². The Balaban J connectivity index is 1.34. The van der Waals surface area contributed by atoms with E-state index in [9.17, 15) is 8.78 Å². The van der Waals surface area contributed by atoms with Crippen LogP contribution in [-0.4, -0.2) is 0 Å². The molecule has 0 nitrogen and oxygen atoms in total. The normalized spacial score (nSPS) is 17.8. The van der Waals surface area contributed by atoms with Crippen molar-refractivity contribution in [2.75, 3.05) is 0 Å². The summed E-state index contributed by atoms with van der Waals surface area (Å²) in [5.41, 5.74) is 5.70. The van der Waals surface area contributed by atoms with Crippen LogP contribution in [0.15, 0.2) is 72.8 Å². The van der Waals surface area contributed by atoms with Gasteiger partial charge in [0.2, 0.25) is 0 Å². The molecule has 0 spiro atoms. The molecule has 3 aromatic carbocycles. The van der Waals surface area contributed by atoms with E-state index >= 15 is 0 Å². The fourth-order valence-electron chi connectivity index (χ4n) is 5.00. The van der Waals surface area contributed by atoms with E-state index in [0.717, 1.165) is 11.5 Å². The van der Waals surface area contributed by atoms with Crippen LogP contribution in [0.25, 0.3) is 11.1 Å². The Kier molecular flexibility index (Phi) is 8.32. The minimum atomic E-state index is -0.730. The zero-order valence-corrected chi connectivity index (χ0v) is 20.5. The number of rotatable bonds is 9. The summed E-state index contributed by atoms with van der Waals surface area (Å²) in [7, 11) is 0. The van der Waals surface area contributed by atoms with Gasteiger partial charge in [-0.25, -0.2) is 8.78 Å². The number of unbranched alkanes of at least 4 members (excludes halogenated alkanes) is 2. The summed E-state index contributed by atoms with van der Waals surface area (Å²) in [4.78, 5) is 0. The minimum Gasteiger partial charge on any atom is -0.203 e. The maximum atomic E-state index is 14.1. The van der Waals surface area contributed by atoms with Gasteiger partial charge in [0.1, 0.15) is 0 Å². The lowest BCUT2D eigenvalue weighted by Crippen LogP contribution is -2.07. The van der Waals surface area contributed by atoms with Gasteiger partial charge in [-0.05, 0) is 78.3 Å². The van der Waals surface area contributed by atoms with Crippen molar-refractivity contribution in [3.63, 3.8) is 0 Å². The van der Waals surface area contributed by atoms with Gasteiger partial charge in [0.05, 0.1) is 0 Å². The summed E-state index contributed by atoms with van der Waals surface area (Å²) in [6.07, 6.45) is 13.9. The Morgan fingerprint density at radius 3 is 2.09 bits per heavy atom. The first-order valence-corrected chi connectivity index (χ1v) is 12.9. The third kappa shape index (κ3) is 6.03. The third-order valence-corrected chi connectivity index (χ3v) is 7.31. The molecule has 2 atom stereocenters. The number of hydrogen-bond donors (Lipinski definition) is 0. The molecule has 4 rings (SSSR count). The average molecular weight is 459 g/mol. The second-order valence-corrected chi connectivity index (χ2v) is 9.81. The van der Waals surface area contributed by atoms with E-state index in [0.29, 0.717) is 29.9 Å². The highest BCUT2D eigenvalue weighted by atomic mass is 19.2. The fourth-order valence-corrected chi connectivity index (χ4v) is 5.00. The molecule has 0 saturated carbocycles. The molecular formula is C32H36F2. The van der Waals surface area contributed by atoms with Crippen LogP contribution in [0.5, 0.6) is 0 Å².